The second-order valence-corrected chi connectivity index (χ2v) is 5.52. The van der Waals surface area contributed by atoms with Gasteiger partial charge < -0.3 is 10.2 Å². The molecule has 0 aliphatic heterocycles. The van der Waals surface area contributed by atoms with Crippen LogP contribution in [0, 0.1) is 0 Å². The van der Waals surface area contributed by atoms with Crippen LogP contribution in [0.1, 0.15) is 11.4 Å². The number of benzene rings is 1. The summed E-state index contributed by atoms with van der Waals surface area (Å²) in [6.07, 6.45) is -0.328. The summed E-state index contributed by atoms with van der Waals surface area (Å²) in [6.45, 7) is 0. The van der Waals surface area contributed by atoms with Crippen molar-refractivity contribution >= 4 is 28.2 Å². The standard InChI is InChI=1S/C13H10N4O4S/c18-10(19)5-7-2-1-3-8(4-7)12-16-17-9(6-11(20)21)14-15-13(17)22-12/h1-4H,5-6H2,(H,18,19)(H,20,21). The van der Waals surface area contributed by atoms with E-state index in [4.69, 9.17) is 10.2 Å². The fraction of sp³-hybridized carbons (Fsp3) is 0.154. The van der Waals surface area contributed by atoms with Gasteiger partial charge in [-0.05, 0) is 11.6 Å². The second-order valence-electron chi connectivity index (χ2n) is 4.56. The minimum atomic E-state index is -1.01. The van der Waals surface area contributed by atoms with Gasteiger partial charge in [-0.25, -0.2) is 0 Å². The summed E-state index contributed by atoms with van der Waals surface area (Å²) in [5, 5.41) is 30.3. The number of carbonyl (C=O) groups is 2. The van der Waals surface area contributed by atoms with Crippen LogP contribution in [-0.4, -0.2) is 42.0 Å². The van der Waals surface area contributed by atoms with Crippen molar-refractivity contribution in [2.45, 2.75) is 12.8 Å². The SMILES string of the molecule is O=C(O)Cc1cccc(-c2nn3c(CC(=O)O)nnc3s2)c1. The van der Waals surface area contributed by atoms with E-state index in [9.17, 15) is 9.59 Å². The van der Waals surface area contributed by atoms with E-state index >= 15 is 0 Å². The number of hydrogen-bond donors (Lipinski definition) is 2. The molecule has 112 valence electrons. The van der Waals surface area contributed by atoms with Gasteiger partial charge in [0.05, 0.1) is 6.42 Å². The van der Waals surface area contributed by atoms with Gasteiger partial charge in [-0.2, -0.15) is 9.61 Å². The molecule has 0 unspecified atom stereocenters. The molecule has 0 saturated heterocycles. The van der Waals surface area contributed by atoms with Crippen molar-refractivity contribution in [1.82, 2.24) is 19.8 Å². The highest BCUT2D eigenvalue weighted by Gasteiger charge is 2.15. The van der Waals surface area contributed by atoms with Crippen LogP contribution in [0.5, 0.6) is 0 Å². The lowest BCUT2D eigenvalue weighted by molar-refractivity contribution is -0.137. The van der Waals surface area contributed by atoms with Gasteiger partial charge in [0.25, 0.3) is 0 Å². The van der Waals surface area contributed by atoms with Crippen molar-refractivity contribution in [2.24, 2.45) is 0 Å². The summed E-state index contributed by atoms with van der Waals surface area (Å²) < 4.78 is 1.40. The van der Waals surface area contributed by atoms with Gasteiger partial charge >= 0.3 is 11.9 Å². The molecule has 0 bridgehead atoms. The predicted octanol–water partition coefficient (Wildman–Crippen LogP) is 1.11. The first kappa shape index (κ1) is 14.1. The Bertz CT molecular complexity index is 870. The summed E-state index contributed by atoms with van der Waals surface area (Å²) in [5.41, 5.74) is 1.43. The Balaban J connectivity index is 1.98. The molecule has 1 aromatic carbocycles. The van der Waals surface area contributed by atoms with E-state index in [1.54, 1.807) is 18.2 Å². The highest BCUT2D eigenvalue weighted by molar-refractivity contribution is 7.19. The van der Waals surface area contributed by atoms with Gasteiger partial charge in [-0.15, -0.1) is 10.2 Å². The summed E-state index contributed by atoms with van der Waals surface area (Å²) in [7, 11) is 0. The fourth-order valence-electron chi connectivity index (χ4n) is 2.01. The van der Waals surface area contributed by atoms with Crippen LogP contribution < -0.4 is 0 Å². The molecule has 0 fully saturated rings. The van der Waals surface area contributed by atoms with Crippen molar-refractivity contribution in [3.63, 3.8) is 0 Å². The number of rotatable bonds is 5. The topological polar surface area (TPSA) is 118 Å². The Morgan fingerprint density at radius 2 is 1.91 bits per heavy atom. The average molecular weight is 318 g/mol. The maximum Gasteiger partial charge on any atom is 0.311 e. The van der Waals surface area contributed by atoms with Crippen molar-refractivity contribution in [3.05, 3.63) is 35.7 Å². The Morgan fingerprint density at radius 1 is 1.14 bits per heavy atom. The minimum absolute atomic E-state index is 0.0673. The Morgan fingerprint density at radius 3 is 2.64 bits per heavy atom. The molecular formula is C13H10N4O4S. The summed E-state index contributed by atoms with van der Waals surface area (Å²) >= 11 is 1.26. The second kappa shape index (κ2) is 5.53. The smallest absolute Gasteiger partial charge is 0.311 e. The third-order valence-electron chi connectivity index (χ3n) is 2.89. The van der Waals surface area contributed by atoms with Crippen LogP contribution >= 0.6 is 11.3 Å². The van der Waals surface area contributed by atoms with Gasteiger partial charge in [0.2, 0.25) is 4.96 Å². The van der Waals surface area contributed by atoms with Crippen LogP contribution in [0.25, 0.3) is 15.5 Å². The van der Waals surface area contributed by atoms with Gasteiger partial charge in [-0.1, -0.05) is 29.5 Å². The zero-order valence-electron chi connectivity index (χ0n) is 11.1. The van der Waals surface area contributed by atoms with E-state index in [1.165, 1.54) is 15.9 Å². The number of carboxylic acid groups (broad SMARTS) is 2. The molecule has 0 aliphatic rings. The monoisotopic (exact) mass is 318 g/mol. The van der Waals surface area contributed by atoms with E-state index in [-0.39, 0.29) is 18.7 Å². The first-order valence-electron chi connectivity index (χ1n) is 6.27. The molecule has 0 amide bonds. The molecule has 22 heavy (non-hydrogen) atoms. The normalized spacial score (nSPS) is 10.9. The van der Waals surface area contributed by atoms with E-state index in [1.807, 2.05) is 6.07 Å². The van der Waals surface area contributed by atoms with Crippen LogP contribution in [0.4, 0.5) is 0 Å². The maximum absolute atomic E-state index is 10.8. The van der Waals surface area contributed by atoms with Gasteiger partial charge in [-0.3, -0.25) is 9.59 Å². The van der Waals surface area contributed by atoms with Gasteiger partial charge in [0, 0.05) is 5.56 Å². The van der Waals surface area contributed by atoms with Crippen molar-refractivity contribution in [2.75, 3.05) is 0 Å². The minimum Gasteiger partial charge on any atom is -0.481 e. The molecule has 0 atom stereocenters. The summed E-state index contributed by atoms with van der Waals surface area (Å²) in [4.78, 5) is 22.0. The zero-order valence-corrected chi connectivity index (χ0v) is 11.9. The summed E-state index contributed by atoms with van der Waals surface area (Å²) in [5.74, 6) is -1.65. The third-order valence-corrected chi connectivity index (χ3v) is 3.84. The number of hydrogen-bond acceptors (Lipinski definition) is 6. The highest BCUT2D eigenvalue weighted by atomic mass is 32.1. The molecule has 0 aliphatic carbocycles. The Kier molecular flexibility index (Phi) is 3.55. The lowest BCUT2D eigenvalue weighted by atomic mass is 10.1. The molecule has 3 aromatic rings. The van der Waals surface area contributed by atoms with Gasteiger partial charge in [0.15, 0.2) is 5.82 Å². The quantitative estimate of drug-likeness (QED) is 0.723. The molecule has 9 heteroatoms. The van der Waals surface area contributed by atoms with Gasteiger partial charge in [0.1, 0.15) is 11.4 Å². The number of carboxylic acids is 2. The van der Waals surface area contributed by atoms with Crippen molar-refractivity contribution in [3.8, 4) is 10.6 Å². The molecule has 0 radical (unpaired) electrons. The first-order chi connectivity index (χ1) is 10.5. The molecule has 2 aromatic heterocycles. The van der Waals surface area contributed by atoms with E-state index < -0.39 is 11.9 Å². The molecule has 2 heterocycles. The van der Waals surface area contributed by atoms with Crippen LogP contribution in [-0.2, 0) is 22.4 Å². The van der Waals surface area contributed by atoms with E-state index in [0.29, 0.717) is 15.5 Å². The first-order valence-corrected chi connectivity index (χ1v) is 7.08. The van der Waals surface area contributed by atoms with Crippen LogP contribution in [0.2, 0.25) is 0 Å². The third kappa shape index (κ3) is 2.79. The summed E-state index contributed by atoms with van der Waals surface area (Å²) in [6, 6.07) is 7.05. The van der Waals surface area contributed by atoms with Crippen LogP contribution in [0.15, 0.2) is 24.3 Å². The highest BCUT2D eigenvalue weighted by Crippen LogP contribution is 2.26. The van der Waals surface area contributed by atoms with Crippen molar-refractivity contribution < 1.29 is 19.8 Å². The van der Waals surface area contributed by atoms with E-state index in [2.05, 4.69) is 15.3 Å². The molecule has 2 N–H and O–H groups in total. The Labute approximate surface area is 127 Å². The molecule has 0 spiro atoms. The number of fused-ring (bicyclic) bond motifs is 1. The molecule has 0 saturated carbocycles. The van der Waals surface area contributed by atoms with Crippen LogP contribution in [0.3, 0.4) is 0 Å². The fourth-order valence-corrected chi connectivity index (χ4v) is 2.86. The number of aromatic nitrogens is 4. The zero-order chi connectivity index (χ0) is 15.7. The lowest BCUT2D eigenvalue weighted by Gasteiger charge is -2.00. The molecular weight excluding hydrogens is 308 g/mol. The van der Waals surface area contributed by atoms with Crippen molar-refractivity contribution in [1.29, 1.82) is 0 Å². The number of nitrogens with zero attached hydrogens (tertiary/aromatic N) is 4. The van der Waals surface area contributed by atoms with E-state index in [0.717, 1.165) is 5.56 Å². The predicted molar refractivity (Wildman–Crippen MR) is 76.8 cm³/mol. The Hall–Kier alpha value is -2.81. The lowest BCUT2D eigenvalue weighted by Crippen LogP contribution is -2.05. The maximum atomic E-state index is 10.8. The number of aliphatic carboxylic acids is 2. The average Bonchev–Trinajstić information content (AvgIpc) is 3.00. The molecule has 8 nitrogen and oxygen atoms in total. The molecule has 3 rings (SSSR count). The largest absolute Gasteiger partial charge is 0.481 e.